The van der Waals surface area contributed by atoms with Crippen molar-refractivity contribution in [2.75, 3.05) is 19.8 Å². The summed E-state index contributed by atoms with van der Waals surface area (Å²) in [4.78, 5) is 0. The highest BCUT2D eigenvalue weighted by molar-refractivity contribution is 5.35. The summed E-state index contributed by atoms with van der Waals surface area (Å²) in [7, 11) is 0. The van der Waals surface area contributed by atoms with Gasteiger partial charge in [0.15, 0.2) is 0 Å². The number of hydrogen-bond donors (Lipinski definition) is 1. The molecule has 110 valence electrons. The van der Waals surface area contributed by atoms with Crippen LogP contribution in [0, 0.1) is 5.92 Å². The normalized spacial score (nSPS) is 21.4. The maximum absolute atomic E-state index is 5.43. The Labute approximate surface area is 122 Å². The van der Waals surface area contributed by atoms with Crippen LogP contribution in [0.1, 0.15) is 55.3 Å². The van der Waals surface area contributed by atoms with E-state index in [1.165, 1.54) is 44.1 Å². The zero-order valence-corrected chi connectivity index (χ0v) is 12.7. The van der Waals surface area contributed by atoms with Crippen LogP contribution in [0.3, 0.4) is 0 Å². The van der Waals surface area contributed by atoms with Crippen molar-refractivity contribution in [2.45, 2.75) is 51.5 Å². The summed E-state index contributed by atoms with van der Waals surface area (Å²) < 4.78 is 5.43. The standard InChI is InChI=1S/C18H27NO/c1-14(19-13-15-8-10-20-11-9-15)17-7-6-16-4-2-3-5-18(16)12-17/h6-7,12,14-15,19H,2-5,8-11,13H2,1H3. The summed E-state index contributed by atoms with van der Waals surface area (Å²) in [5.41, 5.74) is 4.63. The number of rotatable bonds is 4. The Hall–Kier alpha value is -0.860. The second-order valence-corrected chi connectivity index (χ2v) is 6.42. The maximum atomic E-state index is 5.43. The molecule has 1 fully saturated rings. The van der Waals surface area contributed by atoms with E-state index < -0.39 is 0 Å². The lowest BCUT2D eigenvalue weighted by atomic mass is 9.89. The minimum Gasteiger partial charge on any atom is -0.381 e. The van der Waals surface area contributed by atoms with Crippen molar-refractivity contribution in [2.24, 2.45) is 5.92 Å². The van der Waals surface area contributed by atoms with Crippen molar-refractivity contribution >= 4 is 0 Å². The first kappa shape index (κ1) is 14.1. The SMILES string of the molecule is CC(NCC1CCOCC1)c1ccc2c(c1)CCCC2. The second kappa shape index (κ2) is 6.73. The summed E-state index contributed by atoms with van der Waals surface area (Å²) in [6.45, 7) is 5.31. The minimum atomic E-state index is 0.463. The molecule has 1 aliphatic heterocycles. The topological polar surface area (TPSA) is 21.3 Å². The number of benzene rings is 1. The predicted molar refractivity (Wildman–Crippen MR) is 83.0 cm³/mol. The van der Waals surface area contributed by atoms with Gasteiger partial charge in [0, 0.05) is 19.3 Å². The third-order valence-electron chi connectivity index (χ3n) is 4.93. The Bertz CT molecular complexity index is 437. The van der Waals surface area contributed by atoms with Crippen molar-refractivity contribution in [3.8, 4) is 0 Å². The molecule has 0 radical (unpaired) electrons. The quantitative estimate of drug-likeness (QED) is 0.904. The van der Waals surface area contributed by atoms with E-state index in [1.807, 2.05) is 0 Å². The largest absolute Gasteiger partial charge is 0.381 e. The fraction of sp³-hybridized carbons (Fsp3) is 0.667. The van der Waals surface area contributed by atoms with Crippen molar-refractivity contribution < 1.29 is 4.74 Å². The molecule has 0 aromatic heterocycles. The molecule has 1 aromatic carbocycles. The van der Waals surface area contributed by atoms with E-state index in [0.717, 1.165) is 25.7 Å². The molecular formula is C18H27NO. The van der Waals surface area contributed by atoms with Gasteiger partial charge in [-0.3, -0.25) is 0 Å². The highest BCUT2D eigenvalue weighted by Gasteiger charge is 2.16. The lowest BCUT2D eigenvalue weighted by molar-refractivity contribution is 0.0656. The van der Waals surface area contributed by atoms with Gasteiger partial charge in [-0.1, -0.05) is 18.2 Å². The van der Waals surface area contributed by atoms with Crippen LogP contribution in [0.4, 0.5) is 0 Å². The van der Waals surface area contributed by atoms with Gasteiger partial charge in [-0.2, -0.15) is 0 Å². The lowest BCUT2D eigenvalue weighted by Gasteiger charge is -2.25. The number of hydrogen-bond acceptors (Lipinski definition) is 2. The molecule has 2 heteroatoms. The summed E-state index contributed by atoms with van der Waals surface area (Å²) in [6, 6.07) is 7.59. The van der Waals surface area contributed by atoms with Crippen LogP contribution < -0.4 is 5.32 Å². The summed E-state index contributed by atoms with van der Waals surface area (Å²) in [5.74, 6) is 0.795. The first-order chi connectivity index (χ1) is 9.83. The number of aryl methyl sites for hydroxylation is 2. The van der Waals surface area contributed by atoms with Crippen LogP contribution in [0.2, 0.25) is 0 Å². The molecule has 1 saturated heterocycles. The Kier molecular flexibility index (Phi) is 4.74. The summed E-state index contributed by atoms with van der Waals surface area (Å²) in [6.07, 6.45) is 7.70. The van der Waals surface area contributed by atoms with Crippen molar-refractivity contribution in [3.63, 3.8) is 0 Å². The molecule has 1 atom stereocenters. The molecule has 0 spiro atoms. The highest BCUT2D eigenvalue weighted by atomic mass is 16.5. The summed E-state index contributed by atoms with van der Waals surface area (Å²) in [5, 5.41) is 3.72. The smallest absolute Gasteiger partial charge is 0.0469 e. The molecule has 1 N–H and O–H groups in total. The fourth-order valence-electron chi connectivity index (χ4n) is 3.43. The number of fused-ring (bicyclic) bond motifs is 1. The van der Waals surface area contributed by atoms with E-state index in [1.54, 1.807) is 11.1 Å². The van der Waals surface area contributed by atoms with Crippen molar-refractivity contribution in [1.82, 2.24) is 5.32 Å². The molecule has 1 heterocycles. The van der Waals surface area contributed by atoms with Gasteiger partial charge in [-0.25, -0.2) is 0 Å². The Morgan fingerprint density at radius 1 is 1.15 bits per heavy atom. The van der Waals surface area contributed by atoms with Gasteiger partial charge in [0.1, 0.15) is 0 Å². The van der Waals surface area contributed by atoms with Crippen LogP contribution in [0.15, 0.2) is 18.2 Å². The molecule has 2 aliphatic rings. The van der Waals surface area contributed by atoms with Crippen LogP contribution in [0.25, 0.3) is 0 Å². The molecule has 3 rings (SSSR count). The molecule has 2 nitrogen and oxygen atoms in total. The van der Waals surface area contributed by atoms with Gasteiger partial charge in [0.25, 0.3) is 0 Å². The minimum absolute atomic E-state index is 0.463. The Morgan fingerprint density at radius 3 is 2.70 bits per heavy atom. The van der Waals surface area contributed by atoms with Crippen LogP contribution in [-0.2, 0) is 17.6 Å². The third kappa shape index (κ3) is 3.42. The molecule has 1 unspecified atom stereocenters. The Balaban J connectivity index is 1.57. The van der Waals surface area contributed by atoms with Gasteiger partial charge in [-0.05, 0) is 74.6 Å². The van der Waals surface area contributed by atoms with Gasteiger partial charge in [0.2, 0.25) is 0 Å². The monoisotopic (exact) mass is 273 g/mol. The molecular weight excluding hydrogens is 246 g/mol. The third-order valence-corrected chi connectivity index (χ3v) is 4.93. The average molecular weight is 273 g/mol. The van der Waals surface area contributed by atoms with Gasteiger partial charge >= 0.3 is 0 Å². The van der Waals surface area contributed by atoms with Crippen molar-refractivity contribution in [1.29, 1.82) is 0 Å². The van der Waals surface area contributed by atoms with E-state index in [9.17, 15) is 0 Å². The zero-order valence-electron chi connectivity index (χ0n) is 12.7. The van der Waals surface area contributed by atoms with Gasteiger partial charge < -0.3 is 10.1 Å². The predicted octanol–water partition coefficient (Wildman–Crippen LogP) is 3.64. The maximum Gasteiger partial charge on any atom is 0.0469 e. The molecule has 0 amide bonds. The van der Waals surface area contributed by atoms with E-state index in [2.05, 4.69) is 30.4 Å². The van der Waals surface area contributed by atoms with E-state index in [-0.39, 0.29) is 0 Å². The molecule has 1 aliphatic carbocycles. The zero-order chi connectivity index (χ0) is 13.8. The van der Waals surface area contributed by atoms with E-state index in [4.69, 9.17) is 4.74 Å². The molecule has 0 saturated carbocycles. The first-order valence-corrected chi connectivity index (χ1v) is 8.26. The fourth-order valence-corrected chi connectivity index (χ4v) is 3.43. The lowest BCUT2D eigenvalue weighted by Crippen LogP contribution is -2.29. The summed E-state index contributed by atoms with van der Waals surface area (Å²) >= 11 is 0. The van der Waals surface area contributed by atoms with Crippen molar-refractivity contribution in [3.05, 3.63) is 34.9 Å². The van der Waals surface area contributed by atoms with Gasteiger partial charge in [0.05, 0.1) is 0 Å². The highest BCUT2D eigenvalue weighted by Crippen LogP contribution is 2.25. The molecule has 0 bridgehead atoms. The van der Waals surface area contributed by atoms with Crippen LogP contribution in [-0.4, -0.2) is 19.8 Å². The second-order valence-electron chi connectivity index (χ2n) is 6.42. The average Bonchev–Trinajstić information content (AvgIpc) is 2.53. The molecule has 20 heavy (non-hydrogen) atoms. The number of nitrogens with one attached hydrogen (secondary N) is 1. The first-order valence-electron chi connectivity index (χ1n) is 8.26. The van der Waals surface area contributed by atoms with Crippen LogP contribution in [0.5, 0.6) is 0 Å². The van der Waals surface area contributed by atoms with Gasteiger partial charge in [-0.15, -0.1) is 0 Å². The Morgan fingerprint density at radius 2 is 1.90 bits per heavy atom. The van der Waals surface area contributed by atoms with E-state index in [0.29, 0.717) is 6.04 Å². The van der Waals surface area contributed by atoms with E-state index >= 15 is 0 Å². The molecule has 1 aromatic rings. The van der Waals surface area contributed by atoms with Crippen LogP contribution >= 0.6 is 0 Å². The number of ether oxygens (including phenoxy) is 1.